The van der Waals surface area contributed by atoms with Crippen molar-refractivity contribution in [2.75, 3.05) is 11.6 Å². The van der Waals surface area contributed by atoms with Gasteiger partial charge in [0.05, 0.1) is 27.2 Å². The molecular formula is C32H23F4N5O3S2. The predicted octanol–water partition coefficient (Wildman–Crippen LogP) is 8.65. The lowest BCUT2D eigenvalue weighted by Crippen LogP contribution is -2.04. The molecule has 1 aliphatic carbocycles. The number of sulfone groups is 1. The van der Waals surface area contributed by atoms with E-state index < -0.39 is 27.4 Å². The Hall–Kier alpha value is -4.82. The maximum absolute atomic E-state index is 13.7. The van der Waals surface area contributed by atoms with Gasteiger partial charge in [0, 0.05) is 29.5 Å². The van der Waals surface area contributed by atoms with Crippen molar-refractivity contribution >= 4 is 43.0 Å². The lowest BCUT2D eigenvalue weighted by molar-refractivity contribution is -0.137. The lowest BCUT2D eigenvalue weighted by atomic mass is 10.1. The molecule has 0 amide bonds. The summed E-state index contributed by atoms with van der Waals surface area (Å²) in [7, 11) is -3.57. The van der Waals surface area contributed by atoms with Gasteiger partial charge in [-0.15, -0.1) is 10.2 Å². The number of fused-ring (bicyclic) bond motifs is 1. The minimum Gasteiger partial charge on any atom is -0.455 e. The third kappa shape index (κ3) is 5.93. The molecule has 2 heterocycles. The molecule has 46 heavy (non-hydrogen) atoms. The molecule has 6 aromatic rings. The zero-order chi connectivity index (χ0) is 32.2. The molecule has 1 aliphatic rings. The number of anilines is 2. The number of aromatic nitrogens is 4. The largest absolute Gasteiger partial charge is 0.455 e. The molecule has 1 fully saturated rings. The zero-order valence-corrected chi connectivity index (χ0v) is 25.5. The fourth-order valence-electron chi connectivity index (χ4n) is 5.14. The number of hydrogen-bond donors (Lipinski definition) is 1. The van der Waals surface area contributed by atoms with Crippen molar-refractivity contribution in [3.8, 4) is 33.5 Å². The van der Waals surface area contributed by atoms with E-state index in [0.717, 1.165) is 42.6 Å². The maximum atomic E-state index is 13.7. The molecule has 8 nitrogen and oxygen atoms in total. The third-order valence-corrected chi connectivity index (χ3v) is 9.42. The summed E-state index contributed by atoms with van der Waals surface area (Å²) >= 11 is 1.05. The van der Waals surface area contributed by atoms with Gasteiger partial charge in [-0.3, -0.25) is 0 Å². The number of imidazole rings is 1. The lowest BCUT2D eigenvalue weighted by Gasteiger charge is -2.14. The van der Waals surface area contributed by atoms with Crippen LogP contribution in [0.4, 0.5) is 28.4 Å². The van der Waals surface area contributed by atoms with Crippen LogP contribution >= 0.6 is 11.3 Å². The fraction of sp³-hybridized carbons (Fsp3) is 0.156. The Morgan fingerprint density at radius 2 is 1.72 bits per heavy atom. The van der Waals surface area contributed by atoms with Crippen LogP contribution in [0.3, 0.4) is 0 Å². The molecular weight excluding hydrogens is 643 g/mol. The average molecular weight is 666 g/mol. The Morgan fingerprint density at radius 1 is 0.957 bits per heavy atom. The zero-order valence-electron chi connectivity index (χ0n) is 23.9. The van der Waals surface area contributed by atoms with Crippen molar-refractivity contribution in [3.05, 3.63) is 96.3 Å². The summed E-state index contributed by atoms with van der Waals surface area (Å²) in [6.45, 7) is 0. The van der Waals surface area contributed by atoms with Gasteiger partial charge in [-0.25, -0.2) is 17.8 Å². The first-order valence-corrected chi connectivity index (χ1v) is 16.7. The smallest absolute Gasteiger partial charge is 0.416 e. The van der Waals surface area contributed by atoms with E-state index in [9.17, 15) is 26.0 Å². The van der Waals surface area contributed by atoms with Crippen molar-refractivity contribution in [2.24, 2.45) is 0 Å². The topological polar surface area (TPSA) is 99.0 Å². The van der Waals surface area contributed by atoms with E-state index in [2.05, 4.69) is 15.5 Å². The van der Waals surface area contributed by atoms with Crippen LogP contribution in [0.15, 0.2) is 89.8 Å². The van der Waals surface area contributed by atoms with Gasteiger partial charge in [0.2, 0.25) is 5.13 Å². The second-order valence-electron chi connectivity index (χ2n) is 10.8. The van der Waals surface area contributed by atoms with Crippen LogP contribution in [0.25, 0.3) is 33.0 Å². The molecule has 4 aromatic carbocycles. The molecule has 0 radical (unpaired) electrons. The van der Waals surface area contributed by atoms with Gasteiger partial charge in [0.1, 0.15) is 22.4 Å². The highest BCUT2D eigenvalue weighted by molar-refractivity contribution is 7.90. The number of rotatable bonds is 8. The Balaban J connectivity index is 1.34. The highest BCUT2D eigenvalue weighted by Gasteiger charge is 2.32. The number of hydrogen-bond acceptors (Lipinski definition) is 8. The van der Waals surface area contributed by atoms with E-state index in [-0.39, 0.29) is 26.6 Å². The van der Waals surface area contributed by atoms with E-state index in [1.807, 2.05) is 4.57 Å². The van der Waals surface area contributed by atoms with E-state index in [1.54, 1.807) is 36.4 Å². The molecule has 0 spiro atoms. The minimum atomic E-state index is -4.51. The van der Waals surface area contributed by atoms with Crippen LogP contribution in [-0.2, 0) is 16.0 Å². The predicted molar refractivity (Wildman–Crippen MR) is 167 cm³/mol. The SMILES string of the molecule is CS(=O)(=O)c1ccccc1-c1nc2cc(Nc3nnc(-c4cccc(C(F)(F)F)c4)s3)c(Oc3ccc(F)cc3)cc2n1C1CC1. The summed E-state index contributed by atoms with van der Waals surface area (Å²) in [6, 6.07) is 20.6. The van der Waals surface area contributed by atoms with Gasteiger partial charge >= 0.3 is 6.18 Å². The molecule has 234 valence electrons. The van der Waals surface area contributed by atoms with Crippen LogP contribution in [0.1, 0.15) is 24.4 Å². The first kappa shape index (κ1) is 29.9. The number of nitrogens with one attached hydrogen (secondary N) is 1. The van der Waals surface area contributed by atoms with Gasteiger partial charge in [0.15, 0.2) is 15.6 Å². The minimum absolute atomic E-state index is 0.100. The molecule has 0 bridgehead atoms. The van der Waals surface area contributed by atoms with Crippen LogP contribution in [0.5, 0.6) is 11.5 Å². The quantitative estimate of drug-likeness (QED) is 0.163. The highest BCUT2D eigenvalue weighted by Crippen LogP contribution is 2.45. The van der Waals surface area contributed by atoms with Crippen molar-refractivity contribution in [1.82, 2.24) is 19.7 Å². The normalized spacial score (nSPS) is 13.7. The summed E-state index contributed by atoms with van der Waals surface area (Å²) in [5, 5.41) is 11.9. The molecule has 0 aliphatic heterocycles. The van der Waals surface area contributed by atoms with Crippen LogP contribution < -0.4 is 10.1 Å². The molecule has 0 unspecified atom stereocenters. The number of alkyl halides is 3. The molecule has 0 atom stereocenters. The third-order valence-electron chi connectivity index (χ3n) is 7.38. The van der Waals surface area contributed by atoms with E-state index in [4.69, 9.17) is 9.72 Å². The average Bonchev–Trinajstić information content (AvgIpc) is 3.63. The molecule has 14 heteroatoms. The van der Waals surface area contributed by atoms with Gasteiger partial charge in [-0.2, -0.15) is 13.2 Å². The first-order valence-electron chi connectivity index (χ1n) is 14.0. The van der Waals surface area contributed by atoms with Crippen LogP contribution in [0.2, 0.25) is 0 Å². The first-order chi connectivity index (χ1) is 21.9. The maximum Gasteiger partial charge on any atom is 0.416 e. The van der Waals surface area contributed by atoms with Gasteiger partial charge in [-0.1, -0.05) is 35.6 Å². The Labute approximate surface area is 264 Å². The second-order valence-corrected chi connectivity index (χ2v) is 13.8. The van der Waals surface area contributed by atoms with E-state index in [0.29, 0.717) is 39.6 Å². The second kappa shape index (κ2) is 11.2. The highest BCUT2D eigenvalue weighted by atomic mass is 32.2. The van der Waals surface area contributed by atoms with Crippen molar-refractivity contribution in [3.63, 3.8) is 0 Å². The van der Waals surface area contributed by atoms with Gasteiger partial charge in [-0.05, 0) is 67.4 Å². The Morgan fingerprint density at radius 3 is 2.43 bits per heavy atom. The number of benzene rings is 4. The Kier molecular flexibility index (Phi) is 7.28. The molecule has 0 saturated heterocycles. The van der Waals surface area contributed by atoms with Crippen molar-refractivity contribution in [2.45, 2.75) is 30.0 Å². The number of ether oxygens (including phenoxy) is 1. The monoisotopic (exact) mass is 665 g/mol. The number of nitrogens with zero attached hydrogens (tertiary/aromatic N) is 4. The molecule has 1 saturated carbocycles. The summed E-state index contributed by atoms with van der Waals surface area (Å²) in [4.78, 5) is 5.04. The molecule has 1 N–H and O–H groups in total. The van der Waals surface area contributed by atoms with Crippen molar-refractivity contribution < 1.29 is 30.7 Å². The van der Waals surface area contributed by atoms with Gasteiger partial charge < -0.3 is 14.6 Å². The standard InChI is InChI=1S/C32H23F4N5O3S2/c1-46(42,43)28-8-3-2-7-23(28)29-37-24-16-25(38-31-40-39-30(45-31)18-5-4-6-19(15-18)32(34,35)36)27(17-26(24)41(29)21-11-12-21)44-22-13-9-20(33)10-14-22/h2-10,13-17,21H,11-12H2,1H3,(H,38,40). The number of halogens is 4. The molecule has 7 rings (SSSR count). The van der Waals surface area contributed by atoms with Gasteiger partial charge in [0.25, 0.3) is 0 Å². The van der Waals surface area contributed by atoms with Crippen LogP contribution in [-0.4, -0.2) is 34.4 Å². The summed E-state index contributed by atoms with van der Waals surface area (Å²) < 4.78 is 87.2. The summed E-state index contributed by atoms with van der Waals surface area (Å²) in [5.41, 5.74) is 1.59. The summed E-state index contributed by atoms with van der Waals surface area (Å²) in [6.07, 6.45) is -1.58. The molecule has 2 aromatic heterocycles. The van der Waals surface area contributed by atoms with Crippen molar-refractivity contribution in [1.29, 1.82) is 0 Å². The van der Waals surface area contributed by atoms with Crippen LogP contribution in [0, 0.1) is 5.82 Å². The summed E-state index contributed by atoms with van der Waals surface area (Å²) in [5.74, 6) is 0.745. The van der Waals surface area contributed by atoms with E-state index >= 15 is 0 Å². The van der Waals surface area contributed by atoms with E-state index in [1.165, 1.54) is 36.4 Å². The fourth-order valence-corrected chi connectivity index (χ4v) is 6.77. The Bertz CT molecular complexity index is 2210.